The predicted molar refractivity (Wildman–Crippen MR) is 117 cm³/mol. The van der Waals surface area contributed by atoms with Crippen molar-refractivity contribution in [3.8, 4) is 11.1 Å². The molecular weight excluding hydrogens is 370 g/mol. The highest BCUT2D eigenvalue weighted by molar-refractivity contribution is 7.79. The van der Waals surface area contributed by atoms with Crippen LogP contribution in [0.2, 0.25) is 0 Å². The summed E-state index contributed by atoms with van der Waals surface area (Å²) in [5, 5.41) is 4.53. The monoisotopic (exact) mass is 399 g/mol. The van der Waals surface area contributed by atoms with Crippen LogP contribution in [-0.4, -0.2) is 31.1 Å². The van der Waals surface area contributed by atoms with Gasteiger partial charge in [0.25, 0.3) is 0 Å². The second kappa shape index (κ2) is 9.45. The highest BCUT2D eigenvalue weighted by atomic mass is 32.2. The van der Waals surface area contributed by atoms with E-state index in [4.69, 9.17) is 4.55 Å². The Bertz CT molecular complexity index is 940. The van der Waals surface area contributed by atoms with E-state index in [-0.39, 0.29) is 5.92 Å². The van der Waals surface area contributed by atoms with Crippen LogP contribution in [0.5, 0.6) is 0 Å². The molecule has 2 N–H and O–H groups in total. The fraction of sp³-hybridized carbons (Fsp3) is 0.409. The second-order valence-corrected chi connectivity index (χ2v) is 8.72. The van der Waals surface area contributed by atoms with Crippen LogP contribution in [0.4, 0.5) is 0 Å². The van der Waals surface area contributed by atoms with E-state index < -0.39 is 11.1 Å². The molecular formula is C22H29N3O2S. The van der Waals surface area contributed by atoms with E-state index in [1.165, 1.54) is 22.0 Å². The van der Waals surface area contributed by atoms with Gasteiger partial charge < -0.3 is 14.4 Å². The van der Waals surface area contributed by atoms with Crippen molar-refractivity contribution in [2.45, 2.75) is 33.4 Å². The van der Waals surface area contributed by atoms with Crippen LogP contribution in [-0.2, 0) is 24.2 Å². The lowest BCUT2D eigenvalue weighted by molar-refractivity contribution is 0.392. The van der Waals surface area contributed by atoms with E-state index in [1.807, 2.05) is 38.5 Å². The van der Waals surface area contributed by atoms with Gasteiger partial charge in [-0.15, -0.1) is 0 Å². The van der Waals surface area contributed by atoms with Crippen LogP contribution in [0.25, 0.3) is 22.0 Å². The zero-order valence-corrected chi connectivity index (χ0v) is 17.6. The van der Waals surface area contributed by atoms with Crippen LogP contribution in [0, 0.1) is 11.8 Å². The van der Waals surface area contributed by atoms with Gasteiger partial charge in [-0.2, -0.15) is 0 Å². The van der Waals surface area contributed by atoms with Gasteiger partial charge in [0.15, 0.2) is 11.1 Å². The third-order valence-electron chi connectivity index (χ3n) is 5.09. The maximum absolute atomic E-state index is 11.1. The normalized spacial score (nSPS) is 14.9. The standard InChI is InChI=1S/C22H29N3O2S/c1-16(10-17(2)15-28(26)27)13-25-14-20(12-23-3)21-5-4-19(11-22(21)25)18-6-8-24-9-7-18/h4-9,11,14,16-17,23H,10,12-13,15H2,1-3H3,(H,26,27). The Hall–Kier alpha value is -2.02. The first-order valence-electron chi connectivity index (χ1n) is 9.72. The molecule has 0 saturated carbocycles. The number of rotatable bonds is 9. The van der Waals surface area contributed by atoms with Crippen molar-refractivity contribution in [1.82, 2.24) is 14.9 Å². The molecule has 6 heteroatoms. The molecule has 1 aromatic carbocycles. The van der Waals surface area contributed by atoms with Crippen molar-refractivity contribution in [1.29, 1.82) is 0 Å². The number of benzene rings is 1. The minimum atomic E-state index is -1.72. The lowest BCUT2D eigenvalue weighted by atomic mass is 9.98. The van der Waals surface area contributed by atoms with Gasteiger partial charge in [-0.3, -0.25) is 4.98 Å². The van der Waals surface area contributed by atoms with Crippen LogP contribution in [0.15, 0.2) is 48.9 Å². The number of nitrogens with one attached hydrogen (secondary N) is 1. The Morgan fingerprint density at radius 2 is 1.89 bits per heavy atom. The topological polar surface area (TPSA) is 67.2 Å². The molecule has 0 aliphatic carbocycles. The first-order valence-corrected chi connectivity index (χ1v) is 11.0. The SMILES string of the molecule is CNCc1cn(CC(C)CC(C)CS(=O)O)c2cc(-c3ccncc3)ccc12. The van der Waals surface area contributed by atoms with Gasteiger partial charge in [0.2, 0.25) is 0 Å². The Labute approximate surface area is 169 Å². The molecule has 5 nitrogen and oxygen atoms in total. The Kier molecular flexibility index (Phi) is 6.99. The van der Waals surface area contributed by atoms with Gasteiger partial charge >= 0.3 is 0 Å². The van der Waals surface area contributed by atoms with Crippen LogP contribution >= 0.6 is 0 Å². The van der Waals surface area contributed by atoms with Crippen molar-refractivity contribution in [3.05, 3.63) is 54.5 Å². The Morgan fingerprint density at radius 1 is 1.14 bits per heavy atom. The maximum atomic E-state index is 11.1. The summed E-state index contributed by atoms with van der Waals surface area (Å²) in [6.45, 7) is 5.98. The summed E-state index contributed by atoms with van der Waals surface area (Å²) in [6.07, 6.45) is 6.80. The fourth-order valence-electron chi connectivity index (χ4n) is 3.98. The number of hydrogen-bond donors (Lipinski definition) is 2. The Balaban J connectivity index is 1.90. The summed E-state index contributed by atoms with van der Waals surface area (Å²) in [5.74, 6) is 0.988. The molecule has 3 unspecified atom stereocenters. The molecule has 2 aromatic heterocycles. The molecule has 0 amide bonds. The van der Waals surface area contributed by atoms with E-state index >= 15 is 0 Å². The van der Waals surface area contributed by atoms with Gasteiger partial charge in [0.1, 0.15) is 0 Å². The zero-order valence-electron chi connectivity index (χ0n) is 16.8. The third kappa shape index (κ3) is 5.07. The predicted octanol–water partition coefficient (Wildman–Crippen LogP) is 4.31. The van der Waals surface area contributed by atoms with Gasteiger partial charge in [0.05, 0.1) is 5.75 Å². The minimum Gasteiger partial charge on any atom is -0.347 e. The summed E-state index contributed by atoms with van der Waals surface area (Å²) in [5.41, 5.74) is 4.86. The van der Waals surface area contributed by atoms with Crippen LogP contribution < -0.4 is 5.32 Å². The molecule has 0 bridgehead atoms. The average molecular weight is 400 g/mol. The van der Waals surface area contributed by atoms with Gasteiger partial charge in [-0.1, -0.05) is 26.0 Å². The molecule has 0 spiro atoms. The average Bonchev–Trinajstić information content (AvgIpc) is 2.98. The van der Waals surface area contributed by atoms with Crippen molar-refractivity contribution >= 4 is 22.0 Å². The number of aromatic nitrogens is 2. The van der Waals surface area contributed by atoms with Gasteiger partial charge in [-0.25, -0.2) is 4.21 Å². The highest BCUT2D eigenvalue weighted by Gasteiger charge is 2.15. The molecule has 0 radical (unpaired) electrons. The first-order chi connectivity index (χ1) is 13.5. The summed E-state index contributed by atoms with van der Waals surface area (Å²) in [4.78, 5) is 4.11. The summed E-state index contributed by atoms with van der Waals surface area (Å²) in [7, 11) is 1.97. The van der Waals surface area contributed by atoms with Gasteiger partial charge in [0, 0.05) is 42.6 Å². The van der Waals surface area contributed by atoms with Crippen LogP contribution in [0.1, 0.15) is 25.8 Å². The second-order valence-electron chi connectivity index (χ2n) is 7.74. The molecule has 28 heavy (non-hydrogen) atoms. The van der Waals surface area contributed by atoms with Crippen molar-refractivity contribution in [2.75, 3.05) is 12.8 Å². The molecule has 0 saturated heterocycles. The molecule has 3 atom stereocenters. The van der Waals surface area contributed by atoms with E-state index in [2.05, 4.69) is 46.2 Å². The quantitative estimate of drug-likeness (QED) is 0.526. The lowest BCUT2D eigenvalue weighted by Gasteiger charge is -2.17. The molecule has 3 aromatic rings. The fourth-order valence-corrected chi connectivity index (χ4v) is 4.61. The largest absolute Gasteiger partial charge is 0.347 e. The van der Waals surface area contributed by atoms with E-state index in [0.717, 1.165) is 25.1 Å². The molecule has 0 aliphatic rings. The zero-order chi connectivity index (χ0) is 20.1. The number of fused-ring (bicyclic) bond motifs is 1. The third-order valence-corrected chi connectivity index (χ3v) is 5.94. The van der Waals surface area contributed by atoms with Crippen molar-refractivity contribution < 1.29 is 8.76 Å². The molecule has 0 fully saturated rings. The maximum Gasteiger partial charge on any atom is 0.153 e. The molecule has 2 heterocycles. The minimum absolute atomic E-state index is 0.229. The lowest BCUT2D eigenvalue weighted by Crippen LogP contribution is -2.14. The van der Waals surface area contributed by atoms with Crippen LogP contribution in [0.3, 0.4) is 0 Å². The highest BCUT2D eigenvalue weighted by Crippen LogP contribution is 2.29. The van der Waals surface area contributed by atoms with E-state index in [1.54, 1.807) is 0 Å². The van der Waals surface area contributed by atoms with E-state index in [0.29, 0.717) is 11.7 Å². The Morgan fingerprint density at radius 3 is 2.57 bits per heavy atom. The molecule has 0 aliphatic heterocycles. The summed E-state index contributed by atoms with van der Waals surface area (Å²) < 4.78 is 22.5. The number of hydrogen-bond acceptors (Lipinski definition) is 3. The first kappa shape index (κ1) is 20.7. The number of nitrogens with zero attached hydrogens (tertiary/aromatic N) is 2. The smallest absolute Gasteiger partial charge is 0.153 e. The summed E-state index contributed by atoms with van der Waals surface area (Å²) >= 11 is -1.72. The van der Waals surface area contributed by atoms with Crippen molar-refractivity contribution in [2.24, 2.45) is 11.8 Å². The molecule has 150 valence electrons. The summed E-state index contributed by atoms with van der Waals surface area (Å²) in [6, 6.07) is 10.7. The number of pyridine rings is 1. The molecule has 3 rings (SSSR count). The van der Waals surface area contributed by atoms with Gasteiger partial charge in [-0.05, 0) is 60.2 Å². The van der Waals surface area contributed by atoms with E-state index in [9.17, 15) is 4.21 Å². The van der Waals surface area contributed by atoms with Crippen molar-refractivity contribution in [3.63, 3.8) is 0 Å².